The molecule has 0 radical (unpaired) electrons. The van der Waals surface area contributed by atoms with Crippen molar-refractivity contribution in [2.45, 2.75) is 71.0 Å². The molecule has 1 aliphatic heterocycles. The van der Waals surface area contributed by atoms with Gasteiger partial charge in [-0.1, -0.05) is 11.5 Å². The molecule has 20 heavy (non-hydrogen) atoms. The summed E-state index contributed by atoms with van der Waals surface area (Å²) < 4.78 is 12.3. The molecule has 2 nitrogen and oxygen atoms in total. The Balaban J connectivity index is 1.57. The van der Waals surface area contributed by atoms with Gasteiger partial charge in [0.15, 0.2) is 0 Å². The van der Waals surface area contributed by atoms with Gasteiger partial charge in [0.1, 0.15) is 0 Å². The van der Waals surface area contributed by atoms with Crippen molar-refractivity contribution in [3.63, 3.8) is 0 Å². The zero-order valence-electron chi connectivity index (χ0n) is 13.3. The van der Waals surface area contributed by atoms with Gasteiger partial charge < -0.3 is 9.31 Å². The third kappa shape index (κ3) is 1.93. The van der Waals surface area contributed by atoms with Crippen LogP contribution in [-0.4, -0.2) is 18.3 Å². The molecule has 4 saturated carbocycles. The summed E-state index contributed by atoms with van der Waals surface area (Å²) in [6.45, 7) is 8.57. The molecule has 1 saturated heterocycles. The summed E-state index contributed by atoms with van der Waals surface area (Å²) >= 11 is 0. The van der Waals surface area contributed by atoms with Crippen molar-refractivity contribution in [2.24, 2.45) is 23.7 Å². The number of allylic oxidation sites excluding steroid dienone is 1. The van der Waals surface area contributed by atoms with Gasteiger partial charge in [0, 0.05) is 0 Å². The van der Waals surface area contributed by atoms with Crippen molar-refractivity contribution in [2.75, 3.05) is 0 Å². The molecular weight excluding hydrogens is 247 g/mol. The van der Waals surface area contributed by atoms with E-state index in [2.05, 4.69) is 33.7 Å². The summed E-state index contributed by atoms with van der Waals surface area (Å²) in [7, 11) is -0.132. The second-order valence-corrected chi connectivity index (χ2v) is 8.60. The van der Waals surface area contributed by atoms with Gasteiger partial charge in [0.2, 0.25) is 0 Å². The summed E-state index contributed by atoms with van der Waals surface area (Å²) in [5.41, 5.74) is 1.26. The largest absolute Gasteiger partial charge is 0.487 e. The first-order valence-corrected chi connectivity index (χ1v) is 8.41. The maximum Gasteiger partial charge on any atom is 0.487 e. The minimum absolute atomic E-state index is 0.132. The van der Waals surface area contributed by atoms with E-state index in [0.717, 1.165) is 23.7 Å². The average molecular weight is 274 g/mol. The quantitative estimate of drug-likeness (QED) is 0.673. The van der Waals surface area contributed by atoms with Crippen molar-refractivity contribution in [3.05, 3.63) is 11.5 Å². The van der Waals surface area contributed by atoms with E-state index in [9.17, 15) is 0 Å². The van der Waals surface area contributed by atoms with Crippen LogP contribution >= 0.6 is 0 Å². The smallest absolute Gasteiger partial charge is 0.400 e. The lowest BCUT2D eigenvalue weighted by Crippen LogP contribution is -2.41. The number of rotatable bonds is 1. The van der Waals surface area contributed by atoms with Crippen molar-refractivity contribution in [1.29, 1.82) is 0 Å². The Kier molecular flexibility index (Phi) is 2.77. The molecule has 0 N–H and O–H groups in total. The van der Waals surface area contributed by atoms with Crippen LogP contribution < -0.4 is 0 Å². The van der Waals surface area contributed by atoms with Crippen molar-refractivity contribution in [1.82, 2.24) is 0 Å². The van der Waals surface area contributed by atoms with Gasteiger partial charge in [0.05, 0.1) is 11.2 Å². The van der Waals surface area contributed by atoms with Gasteiger partial charge in [-0.05, 0) is 83.5 Å². The molecule has 1 heterocycles. The molecule has 0 atom stereocenters. The van der Waals surface area contributed by atoms with Gasteiger partial charge in [0.25, 0.3) is 0 Å². The van der Waals surface area contributed by atoms with Crippen LogP contribution in [0.25, 0.3) is 0 Å². The number of hydrogen-bond acceptors (Lipinski definition) is 2. The zero-order valence-corrected chi connectivity index (χ0v) is 13.3. The van der Waals surface area contributed by atoms with Gasteiger partial charge in [-0.3, -0.25) is 0 Å². The Hall–Kier alpha value is -0.275. The molecule has 0 aromatic carbocycles. The van der Waals surface area contributed by atoms with E-state index in [1.807, 2.05) is 0 Å². The van der Waals surface area contributed by atoms with Crippen LogP contribution in [-0.2, 0) is 9.31 Å². The van der Waals surface area contributed by atoms with Gasteiger partial charge >= 0.3 is 7.12 Å². The topological polar surface area (TPSA) is 18.5 Å². The average Bonchev–Trinajstić information content (AvgIpc) is 2.51. The minimum atomic E-state index is -0.208. The van der Waals surface area contributed by atoms with Crippen LogP contribution in [0.2, 0.25) is 0 Å². The molecule has 5 rings (SSSR count). The zero-order chi connectivity index (χ0) is 14.1. The van der Waals surface area contributed by atoms with Crippen LogP contribution in [0.5, 0.6) is 0 Å². The summed E-state index contributed by atoms with van der Waals surface area (Å²) in [5, 5.41) is 0. The van der Waals surface area contributed by atoms with Crippen molar-refractivity contribution in [3.8, 4) is 0 Å². The lowest BCUT2D eigenvalue weighted by molar-refractivity contribution is 0.00578. The first kappa shape index (κ1) is 13.4. The molecule has 0 spiro atoms. The summed E-state index contributed by atoms with van der Waals surface area (Å²) in [5.74, 6) is 6.07. The first-order chi connectivity index (χ1) is 9.34. The molecule has 4 bridgehead atoms. The Morgan fingerprint density at radius 2 is 1.30 bits per heavy atom. The Morgan fingerprint density at radius 3 is 1.75 bits per heavy atom. The molecule has 110 valence electrons. The first-order valence-electron chi connectivity index (χ1n) is 8.41. The molecule has 5 aliphatic rings. The van der Waals surface area contributed by atoms with E-state index >= 15 is 0 Å². The molecule has 0 unspecified atom stereocenters. The molecule has 4 aliphatic carbocycles. The fourth-order valence-electron chi connectivity index (χ4n) is 5.11. The SMILES string of the molecule is CC1(C)OB(C=C2C3CC4CC(C3)CC2C4)OC1(C)C. The molecule has 0 aromatic heterocycles. The van der Waals surface area contributed by atoms with Crippen molar-refractivity contribution >= 4 is 7.12 Å². The second-order valence-electron chi connectivity index (χ2n) is 8.60. The standard InChI is InChI=1S/C17H27BO2/c1-16(2)17(3,4)20-18(19-16)10-15-13-6-11-5-12(8-13)9-14(15)7-11/h10-14H,5-9H2,1-4H3. The van der Waals surface area contributed by atoms with Crippen LogP contribution in [0.3, 0.4) is 0 Å². The van der Waals surface area contributed by atoms with E-state index < -0.39 is 0 Å². The monoisotopic (exact) mass is 274 g/mol. The normalized spacial score (nSPS) is 44.2. The van der Waals surface area contributed by atoms with E-state index in [-0.39, 0.29) is 18.3 Å². The van der Waals surface area contributed by atoms with Gasteiger partial charge in [-0.15, -0.1) is 0 Å². The minimum Gasteiger partial charge on any atom is -0.400 e. The lowest BCUT2D eigenvalue weighted by atomic mass is 9.53. The summed E-state index contributed by atoms with van der Waals surface area (Å²) in [6.07, 6.45) is 7.23. The Bertz CT molecular complexity index is 406. The highest BCUT2D eigenvalue weighted by Gasteiger charge is 2.52. The van der Waals surface area contributed by atoms with Crippen LogP contribution in [0.1, 0.15) is 59.8 Å². The van der Waals surface area contributed by atoms with E-state index in [0.29, 0.717) is 0 Å². The highest BCUT2D eigenvalue weighted by Crippen LogP contribution is 2.56. The number of hydrogen-bond donors (Lipinski definition) is 0. The van der Waals surface area contributed by atoms with Crippen LogP contribution in [0.15, 0.2) is 11.5 Å². The maximum absolute atomic E-state index is 6.17. The predicted octanol–water partition coefficient (Wildman–Crippen LogP) is 4.00. The molecule has 5 fully saturated rings. The van der Waals surface area contributed by atoms with Crippen molar-refractivity contribution < 1.29 is 9.31 Å². The van der Waals surface area contributed by atoms with E-state index in [1.165, 1.54) is 32.1 Å². The van der Waals surface area contributed by atoms with E-state index in [1.54, 1.807) is 5.57 Å². The third-order valence-corrected chi connectivity index (χ3v) is 6.68. The molecular formula is C17H27BO2. The third-order valence-electron chi connectivity index (χ3n) is 6.68. The van der Waals surface area contributed by atoms with Crippen LogP contribution in [0, 0.1) is 23.7 Å². The van der Waals surface area contributed by atoms with Gasteiger partial charge in [-0.25, -0.2) is 0 Å². The highest BCUT2D eigenvalue weighted by atomic mass is 16.7. The summed E-state index contributed by atoms with van der Waals surface area (Å²) in [4.78, 5) is 0. The maximum atomic E-state index is 6.17. The fraction of sp³-hybridized carbons (Fsp3) is 0.882. The van der Waals surface area contributed by atoms with Crippen LogP contribution in [0.4, 0.5) is 0 Å². The predicted molar refractivity (Wildman–Crippen MR) is 81.2 cm³/mol. The van der Waals surface area contributed by atoms with E-state index in [4.69, 9.17) is 9.31 Å². The highest BCUT2D eigenvalue weighted by molar-refractivity contribution is 6.51. The Labute approximate surface area is 123 Å². The molecule has 0 aromatic rings. The summed E-state index contributed by atoms with van der Waals surface area (Å²) in [6, 6.07) is 0. The molecule has 3 heteroatoms. The lowest BCUT2D eigenvalue weighted by Gasteiger charge is -2.51. The Morgan fingerprint density at radius 1 is 0.850 bits per heavy atom. The second kappa shape index (κ2) is 4.13. The molecule has 0 amide bonds. The fourth-order valence-corrected chi connectivity index (χ4v) is 5.11. The van der Waals surface area contributed by atoms with Gasteiger partial charge in [-0.2, -0.15) is 0 Å².